The van der Waals surface area contributed by atoms with Gasteiger partial charge in [0, 0.05) is 18.3 Å². The second kappa shape index (κ2) is 11.2. The third-order valence-corrected chi connectivity index (χ3v) is 7.17. The molecule has 1 fully saturated rings. The number of rotatable bonds is 11. The normalized spacial score (nSPS) is 19.6. The molecule has 0 aromatic heterocycles. The SMILES string of the molecule is CC(C)N(CCCCN1CCCCC1C=O)C(C)Cc1ccc(S(C)(=O)=O)cc1. The van der Waals surface area contributed by atoms with Crippen molar-refractivity contribution in [1.29, 1.82) is 0 Å². The lowest BCUT2D eigenvalue weighted by Crippen LogP contribution is -2.42. The zero-order valence-electron chi connectivity index (χ0n) is 18.5. The van der Waals surface area contributed by atoms with Crippen LogP contribution < -0.4 is 0 Å². The Hall–Kier alpha value is -1.24. The van der Waals surface area contributed by atoms with Gasteiger partial charge in [-0.25, -0.2) is 8.42 Å². The third-order valence-electron chi connectivity index (χ3n) is 6.05. The summed E-state index contributed by atoms with van der Waals surface area (Å²) in [5, 5.41) is 0. The molecule has 1 aliphatic heterocycles. The highest BCUT2D eigenvalue weighted by Gasteiger charge is 2.22. The molecule has 1 saturated heterocycles. The summed E-state index contributed by atoms with van der Waals surface area (Å²) in [6, 6.07) is 8.25. The molecule has 164 valence electrons. The molecule has 0 radical (unpaired) electrons. The summed E-state index contributed by atoms with van der Waals surface area (Å²) in [6.45, 7) is 9.82. The molecule has 0 N–H and O–H groups in total. The van der Waals surface area contributed by atoms with E-state index in [2.05, 4.69) is 30.6 Å². The summed E-state index contributed by atoms with van der Waals surface area (Å²) in [6.07, 6.45) is 8.89. The van der Waals surface area contributed by atoms with E-state index in [0.717, 1.165) is 57.2 Å². The first-order valence-electron chi connectivity index (χ1n) is 11.0. The first-order valence-corrected chi connectivity index (χ1v) is 12.9. The van der Waals surface area contributed by atoms with Crippen LogP contribution in [-0.2, 0) is 21.1 Å². The molecule has 0 aliphatic carbocycles. The van der Waals surface area contributed by atoms with Crippen LogP contribution in [0.1, 0.15) is 58.4 Å². The summed E-state index contributed by atoms with van der Waals surface area (Å²) in [4.78, 5) is 16.5. The molecule has 2 unspecified atom stereocenters. The van der Waals surface area contributed by atoms with Crippen molar-refractivity contribution >= 4 is 16.1 Å². The number of hydrogen-bond donors (Lipinski definition) is 0. The predicted octanol–water partition coefficient (Wildman–Crippen LogP) is 3.57. The Bertz CT molecular complexity index is 731. The number of hydrogen-bond acceptors (Lipinski definition) is 5. The van der Waals surface area contributed by atoms with Gasteiger partial charge in [-0.05, 0) is 90.2 Å². The number of sulfone groups is 1. The smallest absolute Gasteiger partial charge is 0.175 e. The summed E-state index contributed by atoms with van der Waals surface area (Å²) < 4.78 is 23.3. The molecule has 2 rings (SSSR count). The van der Waals surface area contributed by atoms with Crippen LogP contribution in [0, 0.1) is 0 Å². The van der Waals surface area contributed by atoms with Gasteiger partial charge in [0.2, 0.25) is 0 Å². The molecular formula is C23H38N2O3S. The van der Waals surface area contributed by atoms with E-state index < -0.39 is 9.84 Å². The maximum absolute atomic E-state index is 11.6. The van der Waals surface area contributed by atoms with Gasteiger partial charge in [-0.15, -0.1) is 0 Å². The quantitative estimate of drug-likeness (QED) is 0.403. The first-order chi connectivity index (χ1) is 13.7. The van der Waals surface area contributed by atoms with E-state index in [1.807, 2.05) is 12.1 Å². The van der Waals surface area contributed by atoms with Crippen molar-refractivity contribution in [2.45, 2.75) is 82.3 Å². The van der Waals surface area contributed by atoms with Crippen LogP contribution >= 0.6 is 0 Å². The summed E-state index contributed by atoms with van der Waals surface area (Å²) in [5.74, 6) is 0. The number of benzene rings is 1. The van der Waals surface area contributed by atoms with Crippen molar-refractivity contribution in [1.82, 2.24) is 9.80 Å². The fourth-order valence-corrected chi connectivity index (χ4v) is 5.01. The average Bonchev–Trinajstić information content (AvgIpc) is 2.67. The highest BCUT2D eigenvalue weighted by molar-refractivity contribution is 7.90. The Balaban J connectivity index is 1.84. The van der Waals surface area contributed by atoms with E-state index in [1.165, 1.54) is 19.1 Å². The van der Waals surface area contributed by atoms with Crippen molar-refractivity contribution < 1.29 is 13.2 Å². The monoisotopic (exact) mass is 422 g/mol. The van der Waals surface area contributed by atoms with Crippen molar-refractivity contribution in [2.75, 3.05) is 25.9 Å². The van der Waals surface area contributed by atoms with E-state index in [9.17, 15) is 13.2 Å². The molecule has 0 spiro atoms. The average molecular weight is 423 g/mol. The molecule has 0 amide bonds. The summed E-state index contributed by atoms with van der Waals surface area (Å²) >= 11 is 0. The van der Waals surface area contributed by atoms with Crippen molar-refractivity contribution in [3.05, 3.63) is 29.8 Å². The van der Waals surface area contributed by atoms with E-state index in [-0.39, 0.29) is 6.04 Å². The maximum Gasteiger partial charge on any atom is 0.175 e. The van der Waals surface area contributed by atoms with Crippen LogP contribution in [0.2, 0.25) is 0 Å². The molecule has 6 heteroatoms. The number of likely N-dealkylation sites (tertiary alicyclic amines) is 1. The van der Waals surface area contributed by atoms with Gasteiger partial charge in [0.15, 0.2) is 9.84 Å². The van der Waals surface area contributed by atoms with E-state index in [0.29, 0.717) is 17.0 Å². The van der Waals surface area contributed by atoms with Gasteiger partial charge in [-0.2, -0.15) is 0 Å². The van der Waals surface area contributed by atoms with Crippen LogP contribution in [-0.4, -0.2) is 68.5 Å². The lowest BCUT2D eigenvalue weighted by atomic mass is 10.0. The Morgan fingerprint density at radius 1 is 1.14 bits per heavy atom. The highest BCUT2D eigenvalue weighted by atomic mass is 32.2. The number of carbonyl (C=O) groups is 1. The van der Waals surface area contributed by atoms with E-state index >= 15 is 0 Å². The van der Waals surface area contributed by atoms with Gasteiger partial charge in [0.1, 0.15) is 6.29 Å². The second-order valence-corrected chi connectivity index (χ2v) is 10.8. The number of nitrogens with zero attached hydrogens (tertiary/aromatic N) is 2. The molecule has 0 saturated carbocycles. The Kier molecular flexibility index (Phi) is 9.31. The number of carbonyl (C=O) groups excluding carboxylic acids is 1. The Morgan fingerprint density at radius 3 is 2.41 bits per heavy atom. The zero-order chi connectivity index (χ0) is 21.4. The first kappa shape index (κ1) is 24.0. The molecule has 1 heterocycles. The minimum atomic E-state index is -3.14. The van der Waals surface area contributed by atoms with Crippen LogP contribution in [0.25, 0.3) is 0 Å². The maximum atomic E-state index is 11.6. The van der Waals surface area contributed by atoms with Gasteiger partial charge in [0.05, 0.1) is 10.9 Å². The van der Waals surface area contributed by atoms with Gasteiger partial charge in [-0.1, -0.05) is 18.6 Å². The van der Waals surface area contributed by atoms with Crippen LogP contribution in [0.3, 0.4) is 0 Å². The Morgan fingerprint density at radius 2 is 1.83 bits per heavy atom. The Labute approximate surface area is 177 Å². The number of unbranched alkanes of at least 4 members (excludes halogenated alkanes) is 1. The van der Waals surface area contributed by atoms with E-state index in [4.69, 9.17) is 0 Å². The van der Waals surface area contributed by atoms with Gasteiger partial charge in [-0.3, -0.25) is 9.80 Å². The van der Waals surface area contributed by atoms with Crippen LogP contribution in [0.4, 0.5) is 0 Å². The molecule has 1 aromatic rings. The van der Waals surface area contributed by atoms with Gasteiger partial charge >= 0.3 is 0 Å². The minimum absolute atomic E-state index is 0.124. The van der Waals surface area contributed by atoms with Gasteiger partial charge < -0.3 is 4.79 Å². The van der Waals surface area contributed by atoms with Crippen LogP contribution in [0.15, 0.2) is 29.2 Å². The van der Waals surface area contributed by atoms with Crippen molar-refractivity contribution in [3.63, 3.8) is 0 Å². The predicted molar refractivity (Wildman–Crippen MR) is 119 cm³/mol. The largest absolute Gasteiger partial charge is 0.302 e. The molecule has 5 nitrogen and oxygen atoms in total. The standard InChI is InChI=1S/C23H38N2O3S/c1-19(2)25(16-8-7-15-24-14-6-5-9-22(24)18-26)20(3)17-21-10-12-23(13-11-21)29(4,27)28/h10-13,18-20,22H,5-9,14-17H2,1-4H3. The molecule has 1 aliphatic rings. The summed E-state index contributed by atoms with van der Waals surface area (Å²) in [7, 11) is -3.14. The lowest BCUT2D eigenvalue weighted by molar-refractivity contribution is -0.113. The molecule has 2 atom stereocenters. The van der Waals surface area contributed by atoms with Crippen molar-refractivity contribution in [3.8, 4) is 0 Å². The molecule has 0 bridgehead atoms. The fraction of sp³-hybridized carbons (Fsp3) is 0.696. The topological polar surface area (TPSA) is 57.7 Å². The summed E-state index contributed by atoms with van der Waals surface area (Å²) in [5.41, 5.74) is 1.16. The fourth-order valence-electron chi connectivity index (χ4n) is 4.38. The molecule has 29 heavy (non-hydrogen) atoms. The number of piperidine rings is 1. The highest BCUT2D eigenvalue weighted by Crippen LogP contribution is 2.18. The van der Waals surface area contributed by atoms with E-state index in [1.54, 1.807) is 12.1 Å². The van der Waals surface area contributed by atoms with Gasteiger partial charge in [0.25, 0.3) is 0 Å². The van der Waals surface area contributed by atoms with Crippen LogP contribution in [0.5, 0.6) is 0 Å². The minimum Gasteiger partial charge on any atom is -0.302 e. The molecular weight excluding hydrogens is 384 g/mol. The second-order valence-electron chi connectivity index (χ2n) is 8.74. The lowest BCUT2D eigenvalue weighted by Gasteiger charge is -2.34. The molecule has 1 aromatic carbocycles. The third kappa shape index (κ3) is 7.50. The zero-order valence-corrected chi connectivity index (χ0v) is 19.3. The van der Waals surface area contributed by atoms with Crippen molar-refractivity contribution in [2.24, 2.45) is 0 Å². The number of aldehydes is 1.